The second kappa shape index (κ2) is 12.8. The van der Waals surface area contributed by atoms with Gasteiger partial charge in [-0.2, -0.15) is 0 Å². The van der Waals surface area contributed by atoms with Gasteiger partial charge in [0.25, 0.3) is 0 Å². The number of carboxylic acid groups (broad SMARTS) is 2. The molecule has 2 aliphatic heterocycles. The zero-order valence-corrected chi connectivity index (χ0v) is 27.2. The summed E-state index contributed by atoms with van der Waals surface area (Å²) in [4.78, 5) is 54.8. The summed E-state index contributed by atoms with van der Waals surface area (Å²) in [5.74, 6) is -3.00. The average molecular weight is 624 g/mol. The summed E-state index contributed by atoms with van der Waals surface area (Å²) >= 11 is 0. The smallest absolute Gasteiger partial charge is 0.338 e. The second-order valence-electron chi connectivity index (χ2n) is 12.0. The van der Waals surface area contributed by atoms with Crippen molar-refractivity contribution in [2.24, 2.45) is 0 Å². The van der Waals surface area contributed by atoms with Gasteiger partial charge in [0.05, 0.1) is 29.1 Å². The second-order valence-corrected chi connectivity index (χ2v) is 12.0. The number of nitrogens with one attached hydrogen (secondary N) is 3. The standard InChI is InChI=1S/C36H41N5O5/c1-8-21-17(4)25-14-27-19(6)23(11-12-32(43)44)34(40-27)24(13-31(42)37-10-3)35-33(36(45)46)20(7)28(41-35)16-30-22(9-2)18(5)26(39-30)15-29(21)38-25/h8,14-16,19,23,38-39H,1,9-13H2,2-7H3,(H,37,42)(H,43,44)(H,45,46)/t19-,23-/m0/s1. The van der Waals surface area contributed by atoms with Crippen LogP contribution in [0.3, 0.4) is 0 Å². The minimum absolute atomic E-state index is 0.00722. The summed E-state index contributed by atoms with van der Waals surface area (Å²) in [6, 6.07) is 5.89. The number of rotatable bonds is 9. The van der Waals surface area contributed by atoms with Crippen LogP contribution in [0, 0.1) is 13.8 Å². The van der Waals surface area contributed by atoms with Crippen LogP contribution in [0.4, 0.5) is 0 Å². The lowest BCUT2D eigenvalue weighted by Gasteiger charge is -2.18. The molecule has 0 spiro atoms. The molecule has 2 atom stereocenters. The van der Waals surface area contributed by atoms with E-state index >= 15 is 0 Å². The number of carbonyl (C=O) groups excluding carboxylic acids is 1. The Morgan fingerprint density at radius 2 is 1.65 bits per heavy atom. The Kier molecular flexibility index (Phi) is 9.01. The van der Waals surface area contributed by atoms with Gasteiger partial charge in [-0.3, -0.25) is 14.6 Å². The van der Waals surface area contributed by atoms with Crippen molar-refractivity contribution in [1.82, 2.24) is 25.3 Å². The molecule has 46 heavy (non-hydrogen) atoms. The third-order valence-electron chi connectivity index (χ3n) is 9.33. The Balaban J connectivity index is 2.02. The summed E-state index contributed by atoms with van der Waals surface area (Å²) in [6.45, 7) is 16.1. The van der Waals surface area contributed by atoms with E-state index < -0.39 is 11.9 Å². The number of aliphatic carboxylic acids is 2. The van der Waals surface area contributed by atoms with Gasteiger partial charge in [-0.25, -0.2) is 9.78 Å². The first kappa shape index (κ1) is 32.4. The van der Waals surface area contributed by atoms with E-state index in [0.29, 0.717) is 34.8 Å². The van der Waals surface area contributed by atoms with Crippen molar-refractivity contribution in [3.63, 3.8) is 0 Å². The predicted molar refractivity (Wildman–Crippen MR) is 180 cm³/mol. The lowest BCUT2D eigenvalue weighted by atomic mass is 9.84. The number of aromatic nitrogens is 4. The Labute approximate surface area is 267 Å². The lowest BCUT2D eigenvalue weighted by Crippen LogP contribution is -2.26. The number of fused-ring (bicyclic) bond motifs is 8. The topological polar surface area (TPSA) is 161 Å². The monoisotopic (exact) mass is 623 g/mol. The van der Waals surface area contributed by atoms with E-state index in [2.05, 4.69) is 41.8 Å². The zero-order chi connectivity index (χ0) is 33.4. The third-order valence-corrected chi connectivity index (χ3v) is 9.33. The largest absolute Gasteiger partial charge is 0.481 e. The molecule has 2 aliphatic rings. The highest BCUT2D eigenvalue weighted by molar-refractivity contribution is 6.24. The molecule has 3 aromatic heterocycles. The maximum atomic E-state index is 13.2. The van der Waals surface area contributed by atoms with Crippen molar-refractivity contribution < 1.29 is 24.6 Å². The van der Waals surface area contributed by atoms with E-state index in [-0.39, 0.29) is 48.3 Å². The molecule has 5 heterocycles. The van der Waals surface area contributed by atoms with E-state index in [0.717, 1.165) is 50.7 Å². The van der Waals surface area contributed by atoms with E-state index in [1.54, 1.807) is 6.92 Å². The number of carboxylic acids is 2. The molecule has 10 heteroatoms. The van der Waals surface area contributed by atoms with Crippen LogP contribution in [-0.2, 0) is 27.2 Å². The summed E-state index contributed by atoms with van der Waals surface area (Å²) in [6.07, 6.45) is 2.57. The predicted octanol–water partition coefficient (Wildman–Crippen LogP) is 6.58. The molecule has 10 nitrogen and oxygen atoms in total. The molecule has 0 saturated carbocycles. The van der Waals surface area contributed by atoms with Crippen LogP contribution >= 0.6 is 0 Å². The summed E-state index contributed by atoms with van der Waals surface area (Å²) in [5, 5.41) is 22.9. The molecule has 5 N–H and O–H groups in total. The van der Waals surface area contributed by atoms with Crippen molar-refractivity contribution in [2.45, 2.75) is 79.1 Å². The quantitative estimate of drug-likeness (QED) is 0.180. The fourth-order valence-corrected chi connectivity index (χ4v) is 6.80. The number of aryl methyl sites for hydroxylation is 3. The number of allylic oxidation sites excluding steroid dienone is 1. The highest BCUT2D eigenvalue weighted by atomic mass is 16.4. The summed E-state index contributed by atoms with van der Waals surface area (Å²) in [7, 11) is 0. The fourth-order valence-electron chi connectivity index (χ4n) is 6.80. The number of hydrogen-bond acceptors (Lipinski definition) is 5. The van der Waals surface area contributed by atoms with Gasteiger partial charge in [-0.1, -0.05) is 26.5 Å². The average Bonchev–Trinajstić information content (AvgIpc) is 3.68. The number of hydrogen-bond donors (Lipinski definition) is 5. The molecule has 0 fully saturated rings. The van der Waals surface area contributed by atoms with Crippen molar-refractivity contribution in [3.05, 3.63) is 75.4 Å². The molecular formula is C36H41N5O5. The third kappa shape index (κ3) is 5.75. The number of aromatic amines is 2. The molecule has 0 saturated heterocycles. The normalized spacial score (nSPS) is 16.0. The van der Waals surface area contributed by atoms with Crippen molar-refractivity contribution in [1.29, 1.82) is 0 Å². The van der Waals surface area contributed by atoms with Crippen LogP contribution in [0.15, 0.2) is 24.8 Å². The zero-order valence-electron chi connectivity index (χ0n) is 27.2. The van der Waals surface area contributed by atoms with Crippen molar-refractivity contribution in [2.75, 3.05) is 6.54 Å². The number of nitrogens with zero attached hydrogens (tertiary/aromatic N) is 2. The molecule has 5 rings (SSSR count). The van der Waals surface area contributed by atoms with Gasteiger partial charge >= 0.3 is 11.9 Å². The number of H-pyrrole nitrogens is 2. The first-order chi connectivity index (χ1) is 21.9. The molecule has 240 valence electrons. The molecule has 3 aromatic rings. The van der Waals surface area contributed by atoms with Gasteiger partial charge in [0.2, 0.25) is 5.91 Å². The van der Waals surface area contributed by atoms with Gasteiger partial charge < -0.3 is 25.5 Å². The Bertz CT molecular complexity index is 1980. The fraction of sp³-hybridized carbons (Fsp3) is 0.361. The van der Waals surface area contributed by atoms with Crippen LogP contribution < -0.4 is 5.32 Å². The molecule has 0 aromatic carbocycles. The van der Waals surface area contributed by atoms with Gasteiger partial charge in [-0.15, -0.1) is 0 Å². The highest BCUT2D eigenvalue weighted by Crippen LogP contribution is 2.43. The number of amides is 1. The maximum absolute atomic E-state index is 13.2. The molecule has 0 aliphatic carbocycles. The highest BCUT2D eigenvalue weighted by Gasteiger charge is 2.35. The SMILES string of the molecule is C=Cc1c(C)c2cc3nc(c(CC(=O)NCC)c4nc(cc5[nH]c(cc1[nH]2)c(C)c5CC)C(C)=C4C(=O)O)[C@@H](CCC(=O)O)[C@@H]3C. The molecule has 1 amide bonds. The van der Waals surface area contributed by atoms with Crippen LogP contribution in [0.2, 0.25) is 0 Å². The number of carbonyl (C=O) groups is 3. The van der Waals surface area contributed by atoms with E-state index in [4.69, 9.17) is 9.97 Å². The van der Waals surface area contributed by atoms with Crippen molar-refractivity contribution >= 4 is 57.1 Å². The van der Waals surface area contributed by atoms with Crippen LogP contribution in [0.5, 0.6) is 0 Å². The van der Waals surface area contributed by atoms with Crippen LogP contribution in [0.25, 0.3) is 39.3 Å². The minimum Gasteiger partial charge on any atom is -0.481 e. The lowest BCUT2D eigenvalue weighted by molar-refractivity contribution is -0.137. The minimum atomic E-state index is -1.16. The van der Waals surface area contributed by atoms with Gasteiger partial charge in [0.1, 0.15) is 0 Å². The molecular weight excluding hydrogens is 582 g/mol. The number of likely N-dealkylation sites (N-methyl/N-ethyl adjacent to an activating group) is 1. The van der Waals surface area contributed by atoms with Gasteiger partial charge in [0, 0.05) is 63.7 Å². The molecule has 8 bridgehead atoms. The van der Waals surface area contributed by atoms with Gasteiger partial charge in [-0.05, 0) is 81.0 Å². The first-order valence-electron chi connectivity index (χ1n) is 15.7. The Hall–Kier alpha value is -4.99. The van der Waals surface area contributed by atoms with Crippen LogP contribution in [-0.4, -0.2) is 54.5 Å². The van der Waals surface area contributed by atoms with Crippen LogP contribution in [0.1, 0.15) is 103 Å². The maximum Gasteiger partial charge on any atom is 0.338 e. The Morgan fingerprint density at radius 3 is 2.28 bits per heavy atom. The molecule has 0 unspecified atom stereocenters. The molecule has 0 radical (unpaired) electrons. The van der Waals surface area contributed by atoms with Gasteiger partial charge in [0.15, 0.2) is 0 Å². The first-order valence-corrected chi connectivity index (χ1v) is 15.7. The van der Waals surface area contributed by atoms with Crippen molar-refractivity contribution in [3.8, 4) is 0 Å². The van der Waals surface area contributed by atoms with E-state index in [9.17, 15) is 24.6 Å². The summed E-state index contributed by atoms with van der Waals surface area (Å²) < 4.78 is 0. The van der Waals surface area contributed by atoms with E-state index in [1.165, 1.54) is 0 Å². The summed E-state index contributed by atoms with van der Waals surface area (Å²) in [5.41, 5.74) is 10.3. The van der Waals surface area contributed by atoms with E-state index in [1.807, 2.05) is 39.0 Å². The Morgan fingerprint density at radius 1 is 0.957 bits per heavy atom.